The molecule has 1 saturated carbocycles. The number of aromatic nitrogens is 2. The lowest BCUT2D eigenvalue weighted by Gasteiger charge is -2.18. The van der Waals surface area contributed by atoms with Crippen LogP contribution in [0.1, 0.15) is 56.5 Å². The number of hydrogen-bond donors (Lipinski definition) is 1. The minimum Gasteiger partial charge on any atom is -0.443 e. The summed E-state index contributed by atoms with van der Waals surface area (Å²) in [6, 6.07) is -0.0821. The molecule has 1 fully saturated rings. The van der Waals surface area contributed by atoms with Crippen molar-refractivity contribution in [2.24, 2.45) is 5.10 Å². The van der Waals surface area contributed by atoms with E-state index >= 15 is 0 Å². The number of amides is 1. The summed E-state index contributed by atoms with van der Waals surface area (Å²) in [7, 11) is 0. The first-order valence-corrected chi connectivity index (χ1v) is 10.3. The predicted molar refractivity (Wildman–Crippen MR) is 111 cm³/mol. The summed E-state index contributed by atoms with van der Waals surface area (Å²) in [6.45, 7) is 6.66. The molecule has 0 atom stereocenters. The third-order valence-electron chi connectivity index (χ3n) is 4.44. The summed E-state index contributed by atoms with van der Waals surface area (Å²) in [5, 5.41) is 4.34. The van der Waals surface area contributed by atoms with E-state index in [0.717, 1.165) is 12.8 Å². The summed E-state index contributed by atoms with van der Waals surface area (Å²) >= 11 is 1.22. The maximum absolute atomic E-state index is 13.0. The first-order chi connectivity index (χ1) is 13.6. The van der Waals surface area contributed by atoms with Crippen molar-refractivity contribution in [2.45, 2.75) is 65.1 Å². The van der Waals surface area contributed by atoms with Gasteiger partial charge in [0, 0.05) is 12.6 Å². The fraction of sp³-hybridized carbons (Fsp3) is 0.579. The van der Waals surface area contributed by atoms with Gasteiger partial charge in [-0.15, -0.1) is 11.3 Å². The number of ether oxygens (including phenoxy) is 1. The lowest BCUT2D eigenvalue weighted by Crippen LogP contribution is -2.39. The summed E-state index contributed by atoms with van der Waals surface area (Å²) < 4.78 is 20.6. The number of carbonyl (C=O) groups is 1. The fourth-order valence-corrected chi connectivity index (χ4v) is 4.21. The number of hydrazone groups is 1. The largest absolute Gasteiger partial charge is 0.443 e. The normalized spacial score (nSPS) is 14.7. The quantitative estimate of drug-likeness (QED) is 0.569. The van der Waals surface area contributed by atoms with E-state index in [-0.39, 0.29) is 24.6 Å². The average molecular weight is 424 g/mol. The highest BCUT2D eigenvalue weighted by Crippen LogP contribution is 2.34. The molecule has 158 valence electrons. The lowest BCUT2D eigenvalue weighted by molar-refractivity contribution is 0.0529. The van der Waals surface area contributed by atoms with Crippen molar-refractivity contribution >= 4 is 33.9 Å². The highest BCUT2D eigenvalue weighted by atomic mass is 32.1. The predicted octanol–water partition coefficient (Wildman–Crippen LogP) is 3.09. The monoisotopic (exact) mass is 424 g/mol. The molecule has 1 aliphatic rings. The molecule has 2 heterocycles. The van der Waals surface area contributed by atoms with E-state index in [9.17, 15) is 18.8 Å². The van der Waals surface area contributed by atoms with Gasteiger partial charge in [0.1, 0.15) is 10.4 Å². The molecule has 0 radical (unpaired) electrons. The van der Waals surface area contributed by atoms with E-state index in [4.69, 9.17) is 4.74 Å². The second-order valence-electron chi connectivity index (χ2n) is 8.03. The number of aryl methyl sites for hydroxylation is 2. The molecule has 2 aromatic rings. The van der Waals surface area contributed by atoms with Gasteiger partial charge in [-0.2, -0.15) is 5.10 Å². The van der Waals surface area contributed by atoms with Gasteiger partial charge in [-0.3, -0.25) is 18.3 Å². The SMILES string of the molecule is Cc1c(C=NNC(=O)OC(C)(C)C)sc2c1c(=O)n(C1CC1)c(=O)n2CCCF. The number of alkyl halides is 1. The first-order valence-electron chi connectivity index (χ1n) is 9.50. The smallest absolute Gasteiger partial charge is 0.428 e. The Hall–Kier alpha value is -2.49. The van der Waals surface area contributed by atoms with Crippen LogP contribution in [-0.2, 0) is 11.3 Å². The highest BCUT2D eigenvalue weighted by Gasteiger charge is 2.30. The van der Waals surface area contributed by atoms with Crippen molar-refractivity contribution in [1.82, 2.24) is 14.6 Å². The van der Waals surface area contributed by atoms with Crippen LogP contribution in [0.4, 0.5) is 9.18 Å². The number of halogens is 1. The number of carbonyl (C=O) groups excluding carboxylic acids is 1. The van der Waals surface area contributed by atoms with Crippen LogP contribution in [0, 0.1) is 6.92 Å². The van der Waals surface area contributed by atoms with E-state index < -0.39 is 24.1 Å². The van der Waals surface area contributed by atoms with Crippen LogP contribution < -0.4 is 16.7 Å². The average Bonchev–Trinajstić information content (AvgIpc) is 3.38. The van der Waals surface area contributed by atoms with Gasteiger partial charge in [0.05, 0.1) is 23.2 Å². The minimum atomic E-state index is -0.691. The molecule has 0 aromatic carbocycles. The van der Waals surface area contributed by atoms with E-state index in [1.807, 2.05) is 0 Å². The van der Waals surface area contributed by atoms with Gasteiger partial charge in [-0.05, 0) is 52.5 Å². The van der Waals surface area contributed by atoms with Crippen molar-refractivity contribution in [3.8, 4) is 0 Å². The Labute approximate surface area is 171 Å². The molecule has 29 heavy (non-hydrogen) atoms. The van der Waals surface area contributed by atoms with E-state index in [2.05, 4.69) is 10.5 Å². The topological polar surface area (TPSA) is 94.7 Å². The molecule has 1 aliphatic carbocycles. The Morgan fingerprint density at radius 3 is 2.66 bits per heavy atom. The zero-order valence-electron chi connectivity index (χ0n) is 17.0. The highest BCUT2D eigenvalue weighted by molar-refractivity contribution is 7.20. The first kappa shape index (κ1) is 21.2. The van der Waals surface area contributed by atoms with Crippen molar-refractivity contribution in [3.05, 3.63) is 31.3 Å². The Morgan fingerprint density at radius 1 is 1.38 bits per heavy atom. The van der Waals surface area contributed by atoms with Crippen molar-refractivity contribution in [1.29, 1.82) is 0 Å². The molecule has 3 rings (SSSR count). The van der Waals surface area contributed by atoms with Crippen molar-refractivity contribution in [3.63, 3.8) is 0 Å². The molecule has 0 bridgehead atoms. The van der Waals surface area contributed by atoms with Gasteiger partial charge in [-0.25, -0.2) is 15.0 Å². The third-order valence-corrected chi connectivity index (χ3v) is 5.69. The molecule has 1 N–H and O–H groups in total. The van der Waals surface area contributed by atoms with Crippen LogP contribution in [0.15, 0.2) is 14.7 Å². The third kappa shape index (κ3) is 4.58. The van der Waals surface area contributed by atoms with Crippen LogP contribution in [0.2, 0.25) is 0 Å². The standard InChI is InChI=1S/C19H25FN4O4S/c1-11-13(10-21-22-17(26)28-19(2,3)4)29-16-14(11)15(25)24(12-6-7-12)18(27)23(16)9-5-8-20/h10,12H,5-9H2,1-4H3,(H,22,26). The number of rotatable bonds is 6. The zero-order valence-corrected chi connectivity index (χ0v) is 17.8. The summed E-state index contributed by atoms with van der Waals surface area (Å²) in [5.41, 5.74) is 1.60. The van der Waals surface area contributed by atoms with Gasteiger partial charge < -0.3 is 4.74 Å². The summed E-state index contributed by atoms with van der Waals surface area (Å²) in [4.78, 5) is 38.7. The molecule has 1 amide bonds. The van der Waals surface area contributed by atoms with E-state index in [1.54, 1.807) is 27.7 Å². The van der Waals surface area contributed by atoms with E-state index in [0.29, 0.717) is 20.7 Å². The van der Waals surface area contributed by atoms with Crippen LogP contribution in [0.5, 0.6) is 0 Å². The van der Waals surface area contributed by atoms with E-state index in [1.165, 1.54) is 26.7 Å². The molecule has 0 aliphatic heterocycles. The van der Waals surface area contributed by atoms with Gasteiger partial charge in [0.2, 0.25) is 0 Å². The Bertz CT molecular complexity index is 1070. The molecule has 0 spiro atoms. The summed E-state index contributed by atoms with van der Waals surface area (Å²) in [5.74, 6) is 0. The van der Waals surface area contributed by atoms with Crippen molar-refractivity contribution < 1.29 is 13.9 Å². The van der Waals surface area contributed by atoms with Gasteiger partial charge >= 0.3 is 11.8 Å². The second kappa shape index (κ2) is 8.10. The zero-order chi connectivity index (χ0) is 21.3. The number of nitrogens with one attached hydrogen (secondary N) is 1. The molecule has 0 saturated heterocycles. The molecule has 0 unspecified atom stereocenters. The van der Waals surface area contributed by atoms with Crippen LogP contribution >= 0.6 is 11.3 Å². The number of nitrogens with zero attached hydrogens (tertiary/aromatic N) is 3. The summed E-state index contributed by atoms with van der Waals surface area (Å²) in [6.07, 6.45) is 2.51. The fourth-order valence-electron chi connectivity index (χ4n) is 3.02. The Balaban J connectivity index is 2.00. The molecular weight excluding hydrogens is 399 g/mol. The van der Waals surface area contributed by atoms with Crippen LogP contribution in [0.25, 0.3) is 10.2 Å². The lowest BCUT2D eigenvalue weighted by atomic mass is 10.2. The van der Waals surface area contributed by atoms with Crippen LogP contribution in [-0.4, -0.2) is 33.7 Å². The maximum atomic E-state index is 13.0. The molecule has 10 heteroatoms. The molecule has 2 aromatic heterocycles. The molecule has 8 nitrogen and oxygen atoms in total. The Kier molecular flexibility index (Phi) is 5.92. The van der Waals surface area contributed by atoms with Crippen molar-refractivity contribution in [2.75, 3.05) is 6.67 Å². The van der Waals surface area contributed by atoms with Gasteiger partial charge in [0.25, 0.3) is 5.56 Å². The molecular formula is C19H25FN4O4S. The van der Waals surface area contributed by atoms with Crippen LogP contribution in [0.3, 0.4) is 0 Å². The maximum Gasteiger partial charge on any atom is 0.428 e. The minimum absolute atomic E-state index is 0.0821. The number of hydrogen-bond acceptors (Lipinski definition) is 6. The van der Waals surface area contributed by atoms with Gasteiger partial charge in [-0.1, -0.05) is 0 Å². The number of fused-ring (bicyclic) bond motifs is 1. The second-order valence-corrected chi connectivity index (χ2v) is 9.06. The number of thiophene rings is 1. The Morgan fingerprint density at radius 2 is 2.07 bits per heavy atom. The van der Waals surface area contributed by atoms with Gasteiger partial charge in [0.15, 0.2) is 0 Å².